The van der Waals surface area contributed by atoms with Crippen molar-refractivity contribution in [3.63, 3.8) is 0 Å². The quantitative estimate of drug-likeness (QED) is 0.826. The lowest BCUT2D eigenvalue weighted by atomic mass is 9.89. The van der Waals surface area contributed by atoms with Crippen LogP contribution in [0.3, 0.4) is 0 Å². The number of hydrogen-bond donors (Lipinski definition) is 0. The molecule has 3 rings (SSSR count). The van der Waals surface area contributed by atoms with Crippen LogP contribution in [0.2, 0.25) is 0 Å². The molecule has 0 spiro atoms. The predicted molar refractivity (Wildman–Crippen MR) is 84.2 cm³/mol. The molecule has 0 bridgehead atoms. The second kappa shape index (κ2) is 5.36. The highest BCUT2D eigenvalue weighted by molar-refractivity contribution is 5.40. The van der Waals surface area contributed by atoms with E-state index in [0.29, 0.717) is 5.41 Å². The largest absolute Gasteiger partial charge is 0.354 e. The highest BCUT2D eigenvalue weighted by Crippen LogP contribution is 2.25. The molecule has 1 aromatic rings. The zero-order valence-electron chi connectivity index (χ0n) is 13.1. The molecule has 0 aromatic carbocycles. The minimum atomic E-state index is 0.332. The van der Waals surface area contributed by atoms with Gasteiger partial charge in [-0.25, -0.2) is 4.98 Å². The average molecular weight is 273 g/mol. The number of anilines is 1. The number of rotatable bonds is 2. The third-order valence-electron chi connectivity index (χ3n) is 4.45. The van der Waals surface area contributed by atoms with Gasteiger partial charge in [0.1, 0.15) is 5.82 Å². The second-order valence-electron chi connectivity index (χ2n) is 7.54. The molecule has 110 valence electrons. The molecule has 2 aliphatic heterocycles. The summed E-state index contributed by atoms with van der Waals surface area (Å²) in [6, 6.07) is 5.24. The molecule has 3 heteroatoms. The van der Waals surface area contributed by atoms with E-state index in [9.17, 15) is 0 Å². The summed E-state index contributed by atoms with van der Waals surface area (Å²) in [5.41, 5.74) is 1.68. The van der Waals surface area contributed by atoms with E-state index in [0.717, 1.165) is 31.4 Å². The molecule has 2 aliphatic rings. The molecule has 0 N–H and O–H groups in total. The molecule has 1 aromatic heterocycles. The molecule has 0 amide bonds. The molecule has 1 unspecified atom stereocenters. The fourth-order valence-electron chi connectivity index (χ4n) is 3.52. The summed E-state index contributed by atoms with van der Waals surface area (Å²) in [5.74, 6) is 1.16. The molecule has 3 heterocycles. The van der Waals surface area contributed by atoms with E-state index in [1.807, 2.05) is 0 Å². The van der Waals surface area contributed by atoms with Crippen molar-refractivity contribution in [2.24, 2.45) is 5.41 Å². The minimum Gasteiger partial charge on any atom is -0.354 e. The molecule has 0 saturated carbocycles. The lowest BCUT2D eigenvalue weighted by molar-refractivity contribution is 0.230. The van der Waals surface area contributed by atoms with Crippen molar-refractivity contribution in [2.45, 2.75) is 46.1 Å². The van der Waals surface area contributed by atoms with Crippen LogP contribution in [0.25, 0.3) is 0 Å². The van der Waals surface area contributed by atoms with Gasteiger partial charge in [0.15, 0.2) is 0 Å². The average Bonchev–Trinajstić information content (AvgIpc) is 2.85. The van der Waals surface area contributed by atoms with Gasteiger partial charge in [-0.3, -0.25) is 4.90 Å². The van der Waals surface area contributed by atoms with Gasteiger partial charge in [0, 0.05) is 31.9 Å². The zero-order valence-corrected chi connectivity index (χ0v) is 13.1. The first-order chi connectivity index (χ1) is 9.51. The first-order valence-corrected chi connectivity index (χ1v) is 7.95. The van der Waals surface area contributed by atoms with Gasteiger partial charge in [-0.2, -0.15) is 0 Å². The van der Waals surface area contributed by atoms with Crippen LogP contribution >= 0.6 is 0 Å². The van der Waals surface area contributed by atoms with E-state index in [4.69, 9.17) is 4.98 Å². The van der Waals surface area contributed by atoms with E-state index in [1.165, 1.54) is 31.5 Å². The van der Waals surface area contributed by atoms with E-state index >= 15 is 0 Å². The van der Waals surface area contributed by atoms with Crippen LogP contribution in [-0.4, -0.2) is 42.1 Å². The summed E-state index contributed by atoms with van der Waals surface area (Å²) in [4.78, 5) is 9.82. The van der Waals surface area contributed by atoms with Crippen molar-refractivity contribution in [1.82, 2.24) is 9.88 Å². The molecule has 3 nitrogen and oxygen atoms in total. The fraction of sp³-hybridized carbons (Fsp3) is 0.706. The summed E-state index contributed by atoms with van der Waals surface area (Å²) >= 11 is 0. The Kier molecular flexibility index (Phi) is 3.72. The summed E-state index contributed by atoms with van der Waals surface area (Å²) in [6.07, 6.45) is 5.90. The van der Waals surface area contributed by atoms with E-state index in [1.54, 1.807) is 0 Å². The van der Waals surface area contributed by atoms with Crippen LogP contribution in [0.4, 0.5) is 5.82 Å². The molecular formula is C17H27N3. The topological polar surface area (TPSA) is 19.4 Å². The lowest BCUT2D eigenvalue weighted by Gasteiger charge is -2.38. The first-order valence-electron chi connectivity index (χ1n) is 7.95. The predicted octanol–water partition coefficient (Wildman–Crippen LogP) is 2.95. The summed E-state index contributed by atoms with van der Waals surface area (Å²) < 4.78 is 0. The number of aromatic nitrogens is 1. The Morgan fingerprint density at radius 1 is 1.20 bits per heavy atom. The van der Waals surface area contributed by atoms with Gasteiger partial charge >= 0.3 is 0 Å². The highest BCUT2D eigenvalue weighted by Gasteiger charge is 2.30. The number of pyridine rings is 1. The van der Waals surface area contributed by atoms with Crippen molar-refractivity contribution in [2.75, 3.05) is 31.1 Å². The Hall–Kier alpha value is -1.09. The van der Waals surface area contributed by atoms with Crippen LogP contribution in [0, 0.1) is 5.41 Å². The second-order valence-corrected chi connectivity index (χ2v) is 7.54. The van der Waals surface area contributed by atoms with Crippen LogP contribution in [0.5, 0.6) is 0 Å². The van der Waals surface area contributed by atoms with Crippen molar-refractivity contribution in [3.8, 4) is 0 Å². The van der Waals surface area contributed by atoms with Crippen LogP contribution < -0.4 is 4.90 Å². The Labute approximate surface area is 123 Å². The Balaban J connectivity index is 1.65. The van der Waals surface area contributed by atoms with Crippen LogP contribution in [-0.2, 0) is 6.42 Å². The molecule has 2 saturated heterocycles. The zero-order chi connectivity index (χ0) is 14.2. The first kappa shape index (κ1) is 13.9. The van der Waals surface area contributed by atoms with Gasteiger partial charge in [-0.1, -0.05) is 26.8 Å². The van der Waals surface area contributed by atoms with Gasteiger partial charge in [-0.05, 0) is 42.9 Å². The number of piperazine rings is 1. The third-order valence-corrected chi connectivity index (χ3v) is 4.45. The van der Waals surface area contributed by atoms with Gasteiger partial charge < -0.3 is 4.90 Å². The van der Waals surface area contributed by atoms with E-state index < -0.39 is 0 Å². The van der Waals surface area contributed by atoms with Gasteiger partial charge in [0.05, 0.1) is 0 Å². The number of nitrogens with zero attached hydrogens (tertiary/aromatic N) is 3. The SMILES string of the molecule is CC(C)(C)Cc1ccc(N2CCN3CCCC3C2)nc1. The maximum Gasteiger partial charge on any atom is 0.128 e. The number of hydrogen-bond acceptors (Lipinski definition) is 3. The Bertz CT molecular complexity index is 446. The lowest BCUT2D eigenvalue weighted by Crippen LogP contribution is -2.50. The van der Waals surface area contributed by atoms with Crippen molar-refractivity contribution in [3.05, 3.63) is 23.9 Å². The Morgan fingerprint density at radius 2 is 2.05 bits per heavy atom. The maximum absolute atomic E-state index is 4.71. The standard InChI is InChI=1S/C17H27N3/c1-17(2,3)11-14-6-7-16(18-12-14)20-10-9-19-8-4-5-15(19)13-20/h6-7,12,15H,4-5,8-11,13H2,1-3H3. The summed E-state index contributed by atoms with van der Waals surface area (Å²) in [7, 11) is 0. The van der Waals surface area contributed by atoms with Gasteiger partial charge in [0.2, 0.25) is 0 Å². The van der Waals surface area contributed by atoms with E-state index in [-0.39, 0.29) is 0 Å². The molecule has 20 heavy (non-hydrogen) atoms. The minimum absolute atomic E-state index is 0.332. The van der Waals surface area contributed by atoms with Crippen molar-refractivity contribution in [1.29, 1.82) is 0 Å². The molecule has 0 aliphatic carbocycles. The van der Waals surface area contributed by atoms with E-state index in [2.05, 4.69) is 48.9 Å². The fourth-order valence-corrected chi connectivity index (χ4v) is 3.52. The number of fused-ring (bicyclic) bond motifs is 1. The monoisotopic (exact) mass is 273 g/mol. The van der Waals surface area contributed by atoms with Crippen LogP contribution in [0.1, 0.15) is 39.2 Å². The molecule has 2 fully saturated rings. The highest BCUT2D eigenvalue weighted by atomic mass is 15.3. The third kappa shape index (κ3) is 3.14. The van der Waals surface area contributed by atoms with Gasteiger partial charge in [0.25, 0.3) is 0 Å². The summed E-state index contributed by atoms with van der Waals surface area (Å²) in [6.45, 7) is 11.6. The Morgan fingerprint density at radius 3 is 2.75 bits per heavy atom. The maximum atomic E-state index is 4.71. The van der Waals surface area contributed by atoms with Crippen molar-refractivity contribution >= 4 is 5.82 Å². The molecular weight excluding hydrogens is 246 g/mol. The van der Waals surface area contributed by atoms with Crippen molar-refractivity contribution < 1.29 is 0 Å². The van der Waals surface area contributed by atoms with Gasteiger partial charge in [-0.15, -0.1) is 0 Å². The summed E-state index contributed by atoms with van der Waals surface area (Å²) in [5, 5.41) is 0. The molecule has 1 atom stereocenters. The normalized spacial score (nSPS) is 23.9. The smallest absolute Gasteiger partial charge is 0.128 e. The van der Waals surface area contributed by atoms with Crippen LogP contribution in [0.15, 0.2) is 18.3 Å². The molecule has 0 radical (unpaired) electrons.